The zero-order chi connectivity index (χ0) is 37.7. The molecule has 21 heteroatoms. The second-order valence-electron chi connectivity index (χ2n) is 12.2. The number of pyridine rings is 1. The third-order valence-corrected chi connectivity index (χ3v) is 11.0. The number of carbonyl (C=O) groups is 4. The number of likely N-dealkylation sites (tertiary alicyclic amines) is 2. The molecular formula is C32H39N11O8S2. The summed E-state index contributed by atoms with van der Waals surface area (Å²) in [6, 6.07) is 11.5. The van der Waals surface area contributed by atoms with E-state index < -0.39 is 18.0 Å². The molecule has 2 fully saturated rings. The molecule has 1 aromatic carbocycles. The average Bonchev–Trinajstić information content (AvgIpc) is 3.78. The third-order valence-electron chi connectivity index (χ3n) is 8.40. The van der Waals surface area contributed by atoms with Crippen molar-refractivity contribution in [2.45, 2.75) is 79.4 Å². The third kappa shape index (κ3) is 11.9. The van der Waals surface area contributed by atoms with Gasteiger partial charge in [0.2, 0.25) is 10.3 Å². The molecular weight excluding hydrogens is 731 g/mol. The molecule has 0 bridgehead atoms. The summed E-state index contributed by atoms with van der Waals surface area (Å²) < 4.78 is 8.31. The predicted molar refractivity (Wildman–Crippen MR) is 189 cm³/mol. The summed E-state index contributed by atoms with van der Waals surface area (Å²) in [5.41, 5.74) is 3.28. The van der Waals surface area contributed by atoms with Crippen molar-refractivity contribution in [3.8, 4) is 5.75 Å². The summed E-state index contributed by atoms with van der Waals surface area (Å²) in [5, 5.41) is 50.3. The molecule has 4 aromatic rings. The molecule has 0 aliphatic carbocycles. The highest BCUT2D eigenvalue weighted by molar-refractivity contribution is 8.00. The number of benzene rings is 1. The minimum absolute atomic E-state index is 0.0351. The first-order valence-electron chi connectivity index (χ1n) is 16.8. The Balaban J connectivity index is 0.000000241. The first kappa shape index (κ1) is 38.9. The number of piperidine rings is 2. The van der Waals surface area contributed by atoms with Crippen molar-refractivity contribution < 1.29 is 39.2 Å². The van der Waals surface area contributed by atoms with Gasteiger partial charge in [-0.2, -0.15) is 0 Å². The predicted octanol–water partition coefficient (Wildman–Crippen LogP) is 3.19. The zero-order valence-electron chi connectivity index (χ0n) is 28.8. The van der Waals surface area contributed by atoms with Crippen LogP contribution in [-0.4, -0.2) is 131 Å². The van der Waals surface area contributed by atoms with E-state index in [0.29, 0.717) is 55.1 Å². The van der Waals surface area contributed by atoms with Crippen molar-refractivity contribution in [2.24, 2.45) is 0 Å². The molecule has 2 aliphatic heterocycles. The van der Waals surface area contributed by atoms with E-state index >= 15 is 0 Å². The second kappa shape index (κ2) is 19.0. The Morgan fingerprint density at radius 2 is 1.38 bits per heavy atom. The number of hydrogen-bond donors (Lipinski definition) is 3. The van der Waals surface area contributed by atoms with Crippen molar-refractivity contribution in [1.29, 1.82) is 0 Å². The summed E-state index contributed by atoms with van der Waals surface area (Å²) in [4.78, 5) is 52.3. The van der Waals surface area contributed by atoms with Crippen LogP contribution in [0.5, 0.6) is 5.75 Å². The number of ether oxygens (including phenoxy) is 1. The maximum atomic E-state index is 12.6. The van der Waals surface area contributed by atoms with E-state index in [4.69, 9.17) is 20.1 Å². The number of rotatable bonds is 12. The Bertz CT molecular complexity index is 1840. The van der Waals surface area contributed by atoms with Gasteiger partial charge in [0.05, 0.1) is 13.0 Å². The Morgan fingerprint density at radius 3 is 1.94 bits per heavy atom. The molecule has 2 aliphatic rings. The fraction of sp³-hybridized carbons (Fsp3) is 0.469. The van der Waals surface area contributed by atoms with E-state index in [2.05, 4.69) is 36.0 Å². The first-order chi connectivity index (χ1) is 25.5. The lowest BCUT2D eigenvalue weighted by molar-refractivity contribution is -0.138. The number of carboxylic acids is 2. The molecule has 282 valence electrons. The van der Waals surface area contributed by atoms with Crippen molar-refractivity contribution in [1.82, 2.24) is 55.2 Å². The van der Waals surface area contributed by atoms with Gasteiger partial charge in [-0.15, -0.1) is 10.2 Å². The lowest BCUT2D eigenvalue weighted by atomic mass is 10.1. The van der Waals surface area contributed by atoms with Crippen LogP contribution in [0.15, 0.2) is 52.9 Å². The van der Waals surface area contributed by atoms with Gasteiger partial charge >= 0.3 is 24.1 Å². The quantitative estimate of drug-likeness (QED) is 0.187. The van der Waals surface area contributed by atoms with Crippen LogP contribution in [0.1, 0.15) is 48.9 Å². The first-order valence-corrected chi connectivity index (χ1v) is 18.5. The summed E-state index contributed by atoms with van der Waals surface area (Å²) in [7, 11) is 0. The number of aryl methyl sites for hydroxylation is 2. The second-order valence-corrected chi connectivity index (χ2v) is 14.7. The number of amides is 2. The van der Waals surface area contributed by atoms with Gasteiger partial charge < -0.3 is 29.9 Å². The molecule has 0 radical (unpaired) electrons. The molecule has 53 heavy (non-hydrogen) atoms. The SMILES string of the molecule is Cc1cccnc1Cc1ccc(OC(=O)N2CCC(Sc3nnnn3CCC(=O)O)CC2)cc1.O=C(O)Cn1nnnc1SC1CCN(C(=O)O)CC1. The van der Waals surface area contributed by atoms with Crippen LogP contribution >= 0.6 is 23.5 Å². The average molecular weight is 770 g/mol. The topological polar surface area (TPSA) is 245 Å². The Kier molecular flexibility index (Phi) is 13.9. The van der Waals surface area contributed by atoms with E-state index in [1.165, 1.54) is 37.8 Å². The van der Waals surface area contributed by atoms with Gasteiger partial charge in [0.25, 0.3) is 0 Å². The lowest BCUT2D eigenvalue weighted by Crippen LogP contribution is -2.41. The Morgan fingerprint density at radius 1 is 0.792 bits per heavy atom. The minimum Gasteiger partial charge on any atom is -0.481 e. The maximum absolute atomic E-state index is 12.6. The van der Waals surface area contributed by atoms with Crippen LogP contribution < -0.4 is 4.74 Å². The molecule has 3 aromatic heterocycles. The fourth-order valence-corrected chi connectivity index (χ4v) is 7.62. The molecule has 2 saturated heterocycles. The van der Waals surface area contributed by atoms with Gasteiger partial charge in [-0.25, -0.2) is 19.0 Å². The van der Waals surface area contributed by atoms with Crippen LogP contribution in [0.4, 0.5) is 9.59 Å². The molecule has 5 heterocycles. The minimum atomic E-state index is -1.00. The zero-order valence-corrected chi connectivity index (χ0v) is 30.4. The number of hydrogen-bond acceptors (Lipinski definition) is 14. The highest BCUT2D eigenvalue weighted by atomic mass is 32.2. The van der Waals surface area contributed by atoms with Gasteiger partial charge in [0.15, 0.2) is 0 Å². The molecule has 0 atom stereocenters. The summed E-state index contributed by atoms with van der Waals surface area (Å²) in [6.07, 6.45) is 4.18. The van der Waals surface area contributed by atoms with Gasteiger partial charge in [-0.1, -0.05) is 41.7 Å². The molecule has 6 rings (SSSR count). The van der Waals surface area contributed by atoms with Crippen LogP contribution in [0, 0.1) is 6.92 Å². The normalized spacial score (nSPS) is 15.0. The number of aromatic nitrogens is 9. The van der Waals surface area contributed by atoms with Gasteiger partial charge in [0, 0.05) is 55.0 Å². The molecule has 0 unspecified atom stereocenters. The van der Waals surface area contributed by atoms with Crippen LogP contribution in [-0.2, 0) is 29.1 Å². The van der Waals surface area contributed by atoms with E-state index in [9.17, 15) is 19.2 Å². The van der Waals surface area contributed by atoms with Crippen molar-refractivity contribution >= 4 is 47.6 Å². The summed E-state index contributed by atoms with van der Waals surface area (Å²) in [5.74, 6) is -1.38. The number of carbonyl (C=O) groups excluding carboxylic acids is 1. The molecule has 19 nitrogen and oxygen atoms in total. The number of nitrogens with zero attached hydrogens (tertiary/aromatic N) is 11. The van der Waals surface area contributed by atoms with E-state index in [1.54, 1.807) is 11.1 Å². The summed E-state index contributed by atoms with van der Waals surface area (Å²) in [6.45, 7) is 4.11. The van der Waals surface area contributed by atoms with E-state index in [0.717, 1.165) is 36.1 Å². The number of thioether (sulfide) groups is 2. The number of carboxylic acid groups (broad SMARTS) is 3. The standard InChI is InChI=1S/C23H26N6O4S.C9H13N5O4S/c1-16-3-2-11-24-20(16)15-17-4-6-18(7-5-17)33-23(32)28-12-8-19(9-13-28)34-22-25-26-27-29(22)14-10-21(30)31;15-7(16)5-14-8(10-11-12-14)19-6-1-3-13(4-2-6)9(17)18/h2-7,11,19H,8-10,12-15H2,1H3,(H,30,31);6H,1-5H2,(H,15,16)(H,17,18). The lowest BCUT2D eigenvalue weighted by Gasteiger charge is -2.30. The number of aliphatic carboxylic acids is 2. The van der Waals surface area contributed by atoms with Crippen molar-refractivity contribution in [3.05, 3.63) is 59.4 Å². The van der Waals surface area contributed by atoms with E-state index in [1.807, 2.05) is 43.3 Å². The largest absolute Gasteiger partial charge is 0.481 e. The van der Waals surface area contributed by atoms with Crippen LogP contribution in [0.3, 0.4) is 0 Å². The molecule has 3 N–H and O–H groups in total. The van der Waals surface area contributed by atoms with E-state index in [-0.39, 0.29) is 36.1 Å². The molecule has 0 saturated carbocycles. The number of tetrazole rings is 2. The monoisotopic (exact) mass is 769 g/mol. The highest BCUT2D eigenvalue weighted by Gasteiger charge is 2.27. The van der Waals surface area contributed by atoms with Gasteiger partial charge in [0.1, 0.15) is 12.3 Å². The molecule has 2 amide bonds. The maximum Gasteiger partial charge on any atom is 0.415 e. The van der Waals surface area contributed by atoms with Gasteiger partial charge in [-0.05, 0) is 82.8 Å². The Labute approximate surface area is 312 Å². The van der Waals surface area contributed by atoms with Gasteiger partial charge in [-0.3, -0.25) is 14.6 Å². The summed E-state index contributed by atoms with van der Waals surface area (Å²) >= 11 is 2.92. The molecule has 0 spiro atoms. The fourth-order valence-electron chi connectivity index (χ4n) is 5.49. The van der Waals surface area contributed by atoms with Crippen LogP contribution in [0.25, 0.3) is 0 Å². The van der Waals surface area contributed by atoms with Crippen molar-refractivity contribution in [2.75, 3.05) is 26.2 Å². The Hall–Kier alpha value is -5.31. The highest BCUT2D eigenvalue weighted by Crippen LogP contribution is 2.30. The smallest absolute Gasteiger partial charge is 0.415 e. The van der Waals surface area contributed by atoms with Crippen molar-refractivity contribution in [3.63, 3.8) is 0 Å². The van der Waals surface area contributed by atoms with Crippen LogP contribution in [0.2, 0.25) is 0 Å².